The van der Waals surface area contributed by atoms with E-state index in [0.29, 0.717) is 5.92 Å². The molecule has 15 heavy (non-hydrogen) atoms. The molecule has 0 aliphatic heterocycles. The van der Waals surface area contributed by atoms with Crippen molar-refractivity contribution < 1.29 is 9.47 Å². The van der Waals surface area contributed by atoms with Gasteiger partial charge >= 0.3 is 0 Å². The fraction of sp³-hybridized carbons (Fsp3) is 0.923. The second-order valence-electron chi connectivity index (χ2n) is 5.23. The average molecular weight is 215 g/mol. The van der Waals surface area contributed by atoms with Crippen molar-refractivity contribution in [1.82, 2.24) is 0 Å². The molecule has 0 N–H and O–H groups in total. The van der Waals surface area contributed by atoms with Gasteiger partial charge in [-0.05, 0) is 46.5 Å². The summed E-state index contributed by atoms with van der Waals surface area (Å²) in [5.41, 5.74) is -0.0901. The summed E-state index contributed by atoms with van der Waals surface area (Å²) in [5, 5.41) is 0. The van der Waals surface area contributed by atoms with Gasteiger partial charge in [0.15, 0.2) is 0 Å². The third kappa shape index (κ3) is 8.88. The molecule has 2 atom stereocenters. The highest BCUT2D eigenvalue weighted by molar-refractivity contribution is 4.73. The molecule has 91 valence electrons. The van der Waals surface area contributed by atoms with Gasteiger partial charge in [0.05, 0.1) is 11.7 Å². The molecule has 0 aromatic heterocycles. The Bertz CT molecular complexity index is 149. The summed E-state index contributed by atoms with van der Waals surface area (Å²) in [6, 6.07) is 0. The minimum atomic E-state index is -0.0901. The topological polar surface area (TPSA) is 18.5 Å². The van der Waals surface area contributed by atoms with E-state index in [2.05, 4.69) is 34.6 Å². The summed E-state index contributed by atoms with van der Waals surface area (Å²) >= 11 is 0. The summed E-state index contributed by atoms with van der Waals surface area (Å²) in [7, 11) is 1.75. The van der Waals surface area contributed by atoms with Crippen LogP contribution < -0.4 is 0 Å². The summed E-state index contributed by atoms with van der Waals surface area (Å²) in [4.78, 5) is 0. The van der Waals surface area contributed by atoms with Crippen LogP contribution in [-0.2, 0) is 9.47 Å². The summed E-state index contributed by atoms with van der Waals surface area (Å²) in [6.07, 6.45) is 3.57. The van der Waals surface area contributed by atoms with E-state index in [9.17, 15) is 0 Å². The fourth-order valence-electron chi connectivity index (χ4n) is 1.47. The lowest BCUT2D eigenvalue weighted by molar-refractivity contribution is -0.0620. The average Bonchev–Trinajstić information content (AvgIpc) is 2.09. The van der Waals surface area contributed by atoms with Gasteiger partial charge in [-0.3, -0.25) is 0 Å². The van der Waals surface area contributed by atoms with E-state index in [1.54, 1.807) is 7.11 Å². The quantitative estimate of drug-likeness (QED) is 0.606. The van der Waals surface area contributed by atoms with Crippen LogP contribution in [0.2, 0.25) is 0 Å². The minimum Gasteiger partial charge on any atom is -0.385 e. The number of unbranched alkanes of at least 4 members (excludes halogenated alkanes) is 1. The van der Waals surface area contributed by atoms with Crippen molar-refractivity contribution in [3.63, 3.8) is 0 Å². The Kier molecular flexibility index (Phi) is 7.20. The van der Waals surface area contributed by atoms with Gasteiger partial charge in [0.25, 0.3) is 0 Å². The van der Waals surface area contributed by atoms with Crippen LogP contribution in [-0.4, -0.2) is 25.4 Å². The second kappa shape index (κ2) is 7.24. The van der Waals surface area contributed by atoms with E-state index in [1.807, 2.05) is 0 Å². The maximum absolute atomic E-state index is 5.81. The number of hydrogen-bond acceptors (Lipinski definition) is 2. The highest BCUT2D eigenvalue weighted by atomic mass is 16.5. The summed E-state index contributed by atoms with van der Waals surface area (Å²) in [6.45, 7) is 13.3. The van der Waals surface area contributed by atoms with Crippen LogP contribution >= 0.6 is 0 Å². The Labute approximate surface area is 95.3 Å². The standard InChI is InChI=1S/C13H27O2/c1-11(9-7-8-10-14-6)12(2)15-13(3,4)5/h11-12H,2,7-10H2,1,3-6H3. The van der Waals surface area contributed by atoms with Crippen molar-refractivity contribution in [1.29, 1.82) is 0 Å². The van der Waals surface area contributed by atoms with Crippen LogP contribution in [0.5, 0.6) is 0 Å². The Morgan fingerprint density at radius 2 is 1.80 bits per heavy atom. The molecule has 0 saturated heterocycles. The van der Waals surface area contributed by atoms with Crippen molar-refractivity contribution in [2.45, 2.75) is 58.7 Å². The Morgan fingerprint density at radius 3 is 2.27 bits per heavy atom. The lowest BCUT2D eigenvalue weighted by atomic mass is 9.98. The maximum Gasteiger partial charge on any atom is 0.0608 e. The highest BCUT2D eigenvalue weighted by Gasteiger charge is 2.19. The van der Waals surface area contributed by atoms with E-state index >= 15 is 0 Å². The molecule has 0 heterocycles. The van der Waals surface area contributed by atoms with Crippen molar-refractivity contribution in [2.24, 2.45) is 5.92 Å². The van der Waals surface area contributed by atoms with Crippen LogP contribution in [0.4, 0.5) is 0 Å². The zero-order chi connectivity index (χ0) is 11.9. The summed E-state index contributed by atoms with van der Waals surface area (Å²) in [5.74, 6) is 0.515. The van der Waals surface area contributed by atoms with E-state index in [1.165, 1.54) is 6.42 Å². The van der Waals surface area contributed by atoms with Crippen molar-refractivity contribution >= 4 is 0 Å². The predicted octanol–water partition coefficient (Wildman–Crippen LogP) is 3.46. The minimum absolute atomic E-state index is 0.0901. The van der Waals surface area contributed by atoms with E-state index in [-0.39, 0.29) is 11.7 Å². The zero-order valence-electron chi connectivity index (χ0n) is 11.0. The molecule has 0 amide bonds. The number of methoxy groups -OCH3 is 1. The Hall–Kier alpha value is -0.0800. The van der Waals surface area contributed by atoms with Crippen molar-refractivity contribution in [3.05, 3.63) is 6.92 Å². The molecule has 0 saturated carbocycles. The summed E-state index contributed by atoms with van der Waals surface area (Å²) < 4.78 is 10.8. The van der Waals surface area contributed by atoms with Gasteiger partial charge < -0.3 is 9.47 Å². The molecule has 0 aromatic rings. The molecule has 2 heteroatoms. The molecular weight excluding hydrogens is 188 g/mol. The lowest BCUT2D eigenvalue weighted by Crippen LogP contribution is -2.29. The number of rotatable bonds is 7. The van der Waals surface area contributed by atoms with Gasteiger partial charge in [0.2, 0.25) is 0 Å². The SMILES string of the molecule is [CH2]C(OC(C)(C)C)C(C)CCCCOC. The molecule has 0 aromatic carbocycles. The first-order chi connectivity index (χ1) is 6.87. The Balaban J connectivity index is 3.65. The van der Waals surface area contributed by atoms with E-state index in [4.69, 9.17) is 9.47 Å². The molecule has 2 nitrogen and oxygen atoms in total. The largest absolute Gasteiger partial charge is 0.385 e. The monoisotopic (exact) mass is 215 g/mol. The molecule has 0 aliphatic carbocycles. The van der Waals surface area contributed by atoms with Gasteiger partial charge in [-0.15, -0.1) is 0 Å². The highest BCUT2D eigenvalue weighted by Crippen LogP contribution is 2.20. The fourth-order valence-corrected chi connectivity index (χ4v) is 1.47. The molecular formula is C13H27O2. The lowest BCUT2D eigenvalue weighted by Gasteiger charge is -2.29. The van der Waals surface area contributed by atoms with E-state index in [0.717, 1.165) is 19.4 Å². The molecule has 0 spiro atoms. The van der Waals surface area contributed by atoms with Gasteiger partial charge in [0.1, 0.15) is 0 Å². The van der Waals surface area contributed by atoms with Gasteiger partial charge in [-0.1, -0.05) is 13.3 Å². The number of hydrogen-bond donors (Lipinski definition) is 0. The van der Waals surface area contributed by atoms with Crippen LogP contribution in [0.3, 0.4) is 0 Å². The molecule has 0 fully saturated rings. The van der Waals surface area contributed by atoms with Crippen molar-refractivity contribution in [2.75, 3.05) is 13.7 Å². The van der Waals surface area contributed by atoms with Crippen LogP contribution in [0, 0.1) is 12.8 Å². The first-order valence-corrected chi connectivity index (χ1v) is 5.86. The Morgan fingerprint density at radius 1 is 1.20 bits per heavy atom. The van der Waals surface area contributed by atoms with Gasteiger partial charge in [-0.2, -0.15) is 0 Å². The normalized spacial score (nSPS) is 16.4. The van der Waals surface area contributed by atoms with Gasteiger partial charge in [0, 0.05) is 13.7 Å². The smallest absolute Gasteiger partial charge is 0.0608 e. The second-order valence-corrected chi connectivity index (χ2v) is 5.23. The first kappa shape index (κ1) is 14.9. The third-order valence-electron chi connectivity index (χ3n) is 2.40. The molecule has 0 aliphatic rings. The van der Waals surface area contributed by atoms with Crippen LogP contribution in [0.25, 0.3) is 0 Å². The van der Waals surface area contributed by atoms with Crippen LogP contribution in [0.15, 0.2) is 0 Å². The predicted molar refractivity (Wildman–Crippen MR) is 64.9 cm³/mol. The molecule has 0 rings (SSSR count). The molecule has 0 bridgehead atoms. The van der Waals surface area contributed by atoms with Crippen molar-refractivity contribution in [3.8, 4) is 0 Å². The first-order valence-electron chi connectivity index (χ1n) is 5.86. The third-order valence-corrected chi connectivity index (χ3v) is 2.40. The van der Waals surface area contributed by atoms with Gasteiger partial charge in [-0.25, -0.2) is 0 Å². The molecule has 2 unspecified atom stereocenters. The van der Waals surface area contributed by atoms with Crippen LogP contribution in [0.1, 0.15) is 47.0 Å². The zero-order valence-corrected chi connectivity index (χ0v) is 11.0. The van der Waals surface area contributed by atoms with E-state index < -0.39 is 0 Å². The maximum atomic E-state index is 5.81. The number of ether oxygens (including phenoxy) is 2. The molecule has 1 radical (unpaired) electrons.